The molecule has 0 spiro atoms. The molecule has 3 rings (SSSR count). The Morgan fingerprint density at radius 3 is 2.78 bits per heavy atom. The minimum absolute atomic E-state index is 0. The van der Waals surface area contributed by atoms with Gasteiger partial charge in [-0.1, -0.05) is 0 Å². The van der Waals surface area contributed by atoms with Gasteiger partial charge in [-0.2, -0.15) is 0 Å². The molecule has 6 heteroatoms. The molecule has 1 aliphatic rings. The molecule has 0 saturated carbocycles. The van der Waals surface area contributed by atoms with E-state index in [4.69, 9.17) is 9.15 Å². The second-order valence-electron chi connectivity index (χ2n) is 5.88. The van der Waals surface area contributed by atoms with Crippen molar-refractivity contribution in [1.29, 1.82) is 0 Å². The van der Waals surface area contributed by atoms with Gasteiger partial charge in [-0.15, -0.1) is 12.4 Å². The van der Waals surface area contributed by atoms with Crippen LogP contribution in [0.1, 0.15) is 18.4 Å². The molecule has 1 N–H and O–H groups in total. The van der Waals surface area contributed by atoms with E-state index >= 15 is 0 Å². The maximum Gasteiger partial charge on any atom is 0.336 e. The average Bonchev–Trinajstić information content (AvgIpc) is 2.97. The van der Waals surface area contributed by atoms with E-state index in [-0.39, 0.29) is 24.6 Å². The fraction of sp³-hybridized carbons (Fsp3) is 0.471. The van der Waals surface area contributed by atoms with Gasteiger partial charge in [0.15, 0.2) is 0 Å². The standard InChI is InChI=1S/C17H21NO4.ClH/c1-12-8-17(20)22-16-9-14(4-5-15(12)16)21-11-13(19)10-18-6-2-3-7-18;/h4-5,8-9,13,19H,2-3,6-7,10-11H2,1H3;1H. The van der Waals surface area contributed by atoms with Crippen LogP contribution < -0.4 is 10.4 Å². The van der Waals surface area contributed by atoms with Gasteiger partial charge < -0.3 is 19.2 Å². The summed E-state index contributed by atoms with van der Waals surface area (Å²) in [4.78, 5) is 13.7. The number of aryl methyl sites for hydroxylation is 1. The summed E-state index contributed by atoms with van der Waals surface area (Å²) in [5, 5.41) is 10.9. The number of benzene rings is 1. The van der Waals surface area contributed by atoms with Crippen LogP contribution in [0.3, 0.4) is 0 Å². The number of rotatable bonds is 5. The molecule has 23 heavy (non-hydrogen) atoms. The molecule has 0 radical (unpaired) electrons. The first kappa shape index (κ1) is 17.8. The number of ether oxygens (including phenoxy) is 1. The number of nitrogens with zero attached hydrogens (tertiary/aromatic N) is 1. The molecule has 1 saturated heterocycles. The highest BCUT2D eigenvalue weighted by Crippen LogP contribution is 2.22. The predicted octanol–water partition coefficient (Wildman–Crippen LogP) is 2.36. The topological polar surface area (TPSA) is 62.9 Å². The molecule has 126 valence electrons. The van der Waals surface area contributed by atoms with E-state index in [0.717, 1.165) is 24.0 Å². The van der Waals surface area contributed by atoms with E-state index in [0.29, 0.717) is 17.9 Å². The summed E-state index contributed by atoms with van der Waals surface area (Å²) in [5.74, 6) is 0.599. The summed E-state index contributed by atoms with van der Waals surface area (Å²) >= 11 is 0. The Bertz CT molecular complexity index is 709. The fourth-order valence-corrected chi connectivity index (χ4v) is 2.90. The van der Waals surface area contributed by atoms with Crippen LogP contribution in [0.15, 0.2) is 33.5 Å². The first-order valence-corrected chi connectivity index (χ1v) is 7.69. The SMILES string of the molecule is Cc1cc(=O)oc2cc(OCC(O)CN3CCCC3)ccc12.Cl. The lowest BCUT2D eigenvalue weighted by atomic mass is 10.1. The molecule has 1 unspecified atom stereocenters. The summed E-state index contributed by atoms with van der Waals surface area (Å²) in [5.41, 5.74) is 1.03. The number of aliphatic hydroxyl groups is 1. The third-order valence-corrected chi connectivity index (χ3v) is 4.03. The summed E-state index contributed by atoms with van der Waals surface area (Å²) in [6.45, 7) is 4.86. The van der Waals surface area contributed by atoms with Crippen LogP contribution in [0.4, 0.5) is 0 Å². The second kappa shape index (κ2) is 7.81. The molecule has 1 aromatic heterocycles. The minimum atomic E-state index is -0.515. The first-order chi connectivity index (χ1) is 10.6. The van der Waals surface area contributed by atoms with Crippen molar-refractivity contribution >= 4 is 23.4 Å². The zero-order chi connectivity index (χ0) is 15.5. The third-order valence-electron chi connectivity index (χ3n) is 4.03. The van der Waals surface area contributed by atoms with Crippen molar-refractivity contribution in [3.05, 3.63) is 40.2 Å². The highest BCUT2D eigenvalue weighted by Gasteiger charge is 2.16. The van der Waals surface area contributed by atoms with Crippen LogP contribution in [-0.2, 0) is 0 Å². The summed E-state index contributed by atoms with van der Waals surface area (Å²) in [7, 11) is 0. The molecular formula is C17H22ClNO4. The van der Waals surface area contributed by atoms with Gasteiger partial charge in [0.1, 0.15) is 24.0 Å². The Kier molecular flexibility index (Phi) is 6.04. The van der Waals surface area contributed by atoms with Crippen LogP contribution in [0.5, 0.6) is 5.75 Å². The van der Waals surface area contributed by atoms with Crippen molar-refractivity contribution in [2.75, 3.05) is 26.2 Å². The molecule has 1 fully saturated rings. The van der Waals surface area contributed by atoms with Gasteiger partial charge in [-0.05, 0) is 50.6 Å². The number of hydrogen-bond acceptors (Lipinski definition) is 5. The molecule has 0 aliphatic carbocycles. The second-order valence-corrected chi connectivity index (χ2v) is 5.88. The molecule has 2 heterocycles. The van der Waals surface area contributed by atoms with Crippen molar-refractivity contribution in [3.63, 3.8) is 0 Å². The van der Waals surface area contributed by atoms with Crippen LogP contribution in [-0.4, -0.2) is 42.4 Å². The van der Waals surface area contributed by atoms with Gasteiger partial charge in [-0.25, -0.2) is 4.79 Å². The molecule has 0 amide bonds. The lowest BCUT2D eigenvalue weighted by molar-refractivity contribution is 0.0758. The Morgan fingerprint density at radius 2 is 2.04 bits per heavy atom. The van der Waals surface area contributed by atoms with Gasteiger partial charge in [0.25, 0.3) is 0 Å². The minimum Gasteiger partial charge on any atom is -0.491 e. The Labute approximate surface area is 141 Å². The summed E-state index contributed by atoms with van der Waals surface area (Å²) in [6.07, 6.45) is 1.89. The van der Waals surface area contributed by atoms with E-state index in [9.17, 15) is 9.90 Å². The van der Waals surface area contributed by atoms with Crippen molar-refractivity contribution in [1.82, 2.24) is 4.90 Å². The van der Waals surface area contributed by atoms with E-state index in [1.54, 1.807) is 6.07 Å². The summed E-state index contributed by atoms with van der Waals surface area (Å²) < 4.78 is 10.8. The average molecular weight is 340 g/mol. The first-order valence-electron chi connectivity index (χ1n) is 7.69. The lowest BCUT2D eigenvalue weighted by Gasteiger charge is -2.19. The maximum atomic E-state index is 11.4. The predicted molar refractivity (Wildman–Crippen MR) is 91.6 cm³/mol. The Hall–Kier alpha value is -1.56. The molecule has 0 bridgehead atoms. The van der Waals surface area contributed by atoms with Crippen LogP contribution in [0, 0.1) is 6.92 Å². The molecule has 2 aromatic rings. The maximum absolute atomic E-state index is 11.4. The molecule has 1 aliphatic heterocycles. The molecular weight excluding hydrogens is 318 g/mol. The van der Waals surface area contributed by atoms with E-state index < -0.39 is 6.10 Å². The Balaban J connectivity index is 0.00000192. The third kappa shape index (κ3) is 4.47. The van der Waals surface area contributed by atoms with Crippen LogP contribution in [0.2, 0.25) is 0 Å². The largest absolute Gasteiger partial charge is 0.491 e. The van der Waals surface area contributed by atoms with Gasteiger partial charge in [0, 0.05) is 24.1 Å². The van der Waals surface area contributed by atoms with Crippen molar-refractivity contribution < 1.29 is 14.3 Å². The molecule has 5 nitrogen and oxygen atoms in total. The highest BCUT2D eigenvalue weighted by molar-refractivity contribution is 5.85. The zero-order valence-corrected chi connectivity index (χ0v) is 14.0. The van der Waals surface area contributed by atoms with E-state index in [2.05, 4.69) is 4.90 Å². The number of fused-ring (bicyclic) bond motifs is 1. The number of β-amino-alcohol motifs (C(OH)–C–C–N with tert-alkyl or cyclic N) is 1. The van der Waals surface area contributed by atoms with E-state index in [1.807, 2.05) is 19.1 Å². The lowest BCUT2D eigenvalue weighted by Crippen LogP contribution is -2.33. The summed E-state index contributed by atoms with van der Waals surface area (Å²) in [6, 6.07) is 6.88. The van der Waals surface area contributed by atoms with E-state index in [1.165, 1.54) is 18.9 Å². The van der Waals surface area contributed by atoms with Crippen molar-refractivity contribution in [2.45, 2.75) is 25.9 Å². The number of hydrogen-bond donors (Lipinski definition) is 1. The Morgan fingerprint density at radius 1 is 1.30 bits per heavy atom. The van der Waals surface area contributed by atoms with Gasteiger partial charge in [0.05, 0.1) is 0 Å². The van der Waals surface area contributed by atoms with Crippen LogP contribution in [0.25, 0.3) is 11.0 Å². The van der Waals surface area contributed by atoms with Crippen molar-refractivity contribution in [3.8, 4) is 5.75 Å². The van der Waals surface area contributed by atoms with Gasteiger partial charge in [-0.3, -0.25) is 0 Å². The quantitative estimate of drug-likeness (QED) is 0.847. The molecule has 1 aromatic carbocycles. The number of aliphatic hydroxyl groups excluding tert-OH is 1. The normalized spacial score (nSPS) is 16.3. The van der Waals surface area contributed by atoms with Gasteiger partial charge in [0.2, 0.25) is 0 Å². The highest BCUT2D eigenvalue weighted by atomic mass is 35.5. The zero-order valence-electron chi connectivity index (χ0n) is 13.2. The number of likely N-dealkylation sites (tertiary alicyclic amines) is 1. The van der Waals surface area contributed by atoms with Crippen molar-refractivity contribution in [2.24, 2.45) is 0 Å². The monoisotopic (exact) mass is 339 g/mol. The molecule has 1 atom stereocenters. The fourth-order valence-electron chi connectivity index (χ4n) is 2.90. The smallest absolute Gasteiger partial charge is 0.336 e. The van der Waals surface area contributed by atoms with Crippen LogP contribution >= 0.6 is 12.4 Å². The van der Waals surface area contributed by atoms with Gasteiger partial charge >= 0.3 is 5.63 Å². The number of halogens is 1.